The van der Waals surface area contributed by atoms with Crippen LogP contribution in [-0.2, 0) is 14.8 Å². The highest BCUT2D eigenvalue weighted by molar-refractivity contribution is 7.89. The third-order valence-electron chi connectivity index (χ3n) is 5.50. The van der Waals surface area contributed by atoms with Gasteiger partial charge >= 0.3 is 0 Å². The number of nitrogens with one attached hydrogen (secondary N) is 1. The molecule has 4 rings (SSSR count). The van der Waals surface area contributed by atoms with Gasteiger partial charge < -0.3 is 14.6 Å². The standard InChI is InChI=1S/C22H22FN3O5S/c1-14-11-21(27)24-20-6-3-15(12-17(14)20)25(2)22(28)18-13-16(4-5-19(18)23)32(29,30)26-7-9-31-10-8-26/h3-6,11-13H,7-10H2,1-2H3,(H,24,27). The fourth-order valence-corrected chi connectivity index (χ4v) is 5.12. The van der Waals surface area contributed by atoms with E-state index in [1.54, 1.807) is 25.1 Å². The smallest absolute Gasteiger partial charge is 0.261 e. The number of benzene rings is 2. The molecular weight excluding hydrogens is 437 g/mol. The minimum Gasteiger partial charge on any atom is -0.379 e. The molecule has 0 atom stereocenters. The number of ether oxygens (including phenoxy) is 1. The van der Waals surface area contributed by atoms with E-state index in [1.165, 1.54) is 22.3 Å². The van der Waals surface area contributed by atoms with E-state index >= 15 is 0 Å². The number of anilines is 1. The number of aromatic amines is 1. The Morgan fingerprint density at radius 2 is 1.84 bits per heavy atom. The number of hydrogen-bond acceptors (Lipinski definition) is 5. The van der Waals surface area contributed by atoms with Crippen LogP contribution in [0.25, 0.3) is 10.9 Å². The van der Waals surface area contributed by atoms with Crippen LogP contribution in [0, 0.1) is 12.7 Å². The molecule has 1 aliphatic rings. The number of nitrogens with zero attached hydrogens (tertiary/aromatic N) is 2. The third kappa shape index (κ3) is 4.04. The first-order chi connectivity index (χ1) is 15.2. The van der Waals surface area contributed by atoms with Crippen LogP contribution < -0.4 is 10.5 Å². The maximum atomic E-state index is 14.6. The van der Waals surface area contributed by atoms with Crippen LogP contribution in [0.4, 0.5) is 10.1 Å². The van der Waals surface area contributed by atoms with Gasteiger partial charge in [0.2, 0.25) is 15.6 Å². The Labute approximate surface area is 184 Å². The first-order valence-electron chi connectivity index (χ1n) is 9.97. The van der Waals surface area contributed by atoms with Crippen molar-refractivity contribution in [3.63, 3.8) is 0 Å². The maximum Gasteiger partial charge on any atom is 0.261 e. The summed E-state index contributed by atoms with van der Waals surface area (Å²) in [4.78, 5) is 28.6. The predicted octanol–water partition coefficient (Wildman–Crippen LogP) is 2.27. The van der Waals surface area contributed by atoms with Crippen LogP contribution in [0.15, 0.2) is 52.2 Å². The maximum absolute atomic E-state index is 14.6. The molecule has 8 nitrogen and oxygen atoms in total. The Hall–Kier alpha value is -3.08. The average Bonchev–Trinajstić information content (AvgIpc) is 2.78. The minimum atomic E-state index is -3.88. The molecule has 0 unspecified atom stereocenters. The number of pyridine rings is 1. The SMILES string of the molecule is Cc1cc(=O)[nH]c2ccc(N(C)C(=O)c3cc(S(=O)(=O)N4CCOCC4)ccc3F)cc12. The van der Waals surface area contributed by atoms with Crippen LogP contribution in [0.5, 0.6) is 0 Å². The normalized spacial score (nSPS) is 15.1. The highest BCUT2D eigenvalue weighted by Gasteiger charge is 2.28. The van der Waals surface area contributed by atoms with Gasteiger partial charge in [0.05, 0.1) is 23.7 Å². The van der Waals surface area contributed by atoms with Gasteiger partial charge in [-0.3, -0.25) is 9.59 Å². The molecule has 0 spiro atoms. The molecule has 10 heteroatoms. The van der Waals surface area contributed by atoms with Crippen LogP contribution in [0.1, 0.15) is 15.9 Å². The van der Waals surface area contributed by atoms with E-state index in [2.05, 4.69) is 4.98 Å². The molecule has 168 valence electrons. The molecule has 0 aliphatic carbocycles. The van der Waals surface area contributed by atoms with Gasteiger partial charge in [-0.05, 0) is 48.9 Å². The lowest BCUT2D eigenvalue weighted by molar-refractivity contribution is 0.0730. The molecular formula is C22H22FN3O5S. The summed E-state index contributed by atoms with van der Waals surface area (Å²) in [7, 11) is -2.40. The number of rotatable bonds is 4. The summed E-state index contributed by atoms with van der Waals surface area (Å²) >= 11 is 0. The molecule has 32 heavy (non-hydrogen) atoms. The van der Waals surface area contributed by atoms with Gasteiger partial charge in [-0.15, -0.1) is 0 Å². The van der Waals surface area contributed by atoms with Gasteiger partial charge in [0.25, 0.3) is 5.91 Å². The number of H-pyrrole nitrogens is 1. The van der Waals surface area contributed by atoms with Crippen LogP contribution in [0.3, 0.4) is 0 Å². The molecule has 0 saturated carbocycles. The summed E-state index contributed by atoms with van der Waals surface area (Å²) in [5.74, 6) is -1.51. The first kappa shape index (κ1) is 22.1. The highest BCUT2D eigenvalue weighted by atomic mass is 32.2. The number of morpholine rings is 1. The van der Waals surface area contributed by atoms with Crippen molar-refractivity contribution in [1.29, 1.82) is 0 Å². The molecule has 2 aromatic carbocycles. The number of hydrogen-bond donors (Lipinski definition) is 1. The van der Waals surface area contributed by atoms with Gasteiger partial charge in [-0.2, -0.15) is 4.31 Å². The number of sulfonamides is 1. The Morgan fingerprint density at radius 1 is 1.12 bits per heavy atom. The quantitative estimate of drug-likeness (QED) is 0.645. The molecule has 1 N–H and O–H groups in total. The number of aromatic nitrogens is 1. The van der Waals surface area contributed by atoms with Crippen LogP contribution >= 0.6 is 0 Å². The number of halogens is 1. The number of amides is 1. The molecule has 1 amide bonds. The average molecular weight is 459 g/mol. The van der Waals surface area contributed by atoms with Crippen molar-refractivity contribution < 1.29 is 22.3 Å². The van der Waals surface area contributed by atoms with E-state index in [1.807, 2.05) is 0 Å². The molecule has 3 aromatic rings. The molecule has 0 radical (unpaired) electrons. The Balaban J connectivity index is 1.69. The van der Waals surface area contributed by atoms with Crippen molar-refractivity contribution in [3.05, 3.63) is 69.8 Å². The zero-order valence-corrected chi connectivity index (χ0v) is 18.4. The van der Waals surface area contributed by atoms with Crippen LogP contribution in [0.2, 0.25) is 0 Å². The van der Waals surface area contributed by atoms with Gasteiger partial charge in [0.15, 0.2) is 0 Å². The van der Waals surface area contributed by atoms with Crippen molar-refractivity contribution in [2.24, 2.45) is 0 Å². The Morgan fingerprint density at radius 3 is 2.56 bits per heavy atom. The number of fused-ring (bicyclic) bond motifs is 1. The summed E-state index contributed by atoms with van der Waals surface area (Å²) in [5.41, 5.74) is 1.24. The second kappa shape index (κ2) is 8.45. The number of carbonyl (C=O) groups excluding carboxylic acids is 1. The van der Waals surface area contributed by atoms with Gasteiger partial charge in [0, 0.05) is 42.8 Å². The Bertz CT molecular complexity index is 1360. The van der Waals surface area contributed by atoms with E-state index in [-0.39, 0.29) is 42.3 Å². The topological polar surface area (TPSA) is 99.8 Å². The van der Waals surface area contributed by atoms with E-state index < -0.39 is 21.7 Å². The molecule has 1 aliphatic heterocycles. The molecule has 2 heterocycles. The summed E-state index contributed by atoms with van der Waals surface area (Å²) < 4.78 is 46.9. The zero-order valence-electron chi connectivity index (χ0n) is 17.6. The van der Waals surface area contributed by atoms with Gasteiger partial charge in [-0.1, -0.05) is 0 Å². The zero-order chi connectivity index (χ0) is 23.0. The van der Waals surface area contributed by atoms with Crippen molar-refractivity contribution >= 4 is 32.5 Å². The minimum absolute atomic E-state index is 0.149. The van der Waals surface area contributed by atoms with Crippen molar-refractivity contribution in [3.8, 4) is 0 Å². The lowest BCUT2D eigenvalue weighted by Gasteiger charge is -2.26. The van der Waals surface area contributed by atoms with E-state index in [9.17, 15) is 22.4 Å². The van der Waals surface area contributed by atoms with E-state index in [0.717, 1.165) is 29.1 Å². The highest BCUT2D eigenvalue weighted by Crippen LogP contribution is 2.25. The number of aryl methyl sites for hydroxylation is 1. The molecule has 1 saturated heterocycles. The second-order valence-corrected chi connectivity index (χ2v) is 9.51. The summed E-state index contributed by atoms with van der Waals surface area (Å²) in [6, 6.07) is 9.68. The predicted molar refractivity (Wildman–Crippen MR) is 118 cm³/mol. The van der Waals surface area contributed by atoms with Crippen molar-refractivity contribution in [2.45, 2.75) is 11.8 Å². The first-order valence-corrected chi connectivity index (χ1v) is 11.4. The van der Waals surface area contributed by atoms with Crippen molar-refractivity contribution in [1.82, 2.24) is 9.29 Å². The van der Waals surface area contributed by atoms with E-state index in [0.29, 0.717) is 11.2 Å². The third-order valence-corrected chi connectivity index (χ3v) is 7.40. The summed E-state index contributed by atoms with van der Waals surface area (Å²) in [6.45, 7) is 2.73. The molecule has 0 bridgehead atoms. The van der Waals surface area contributed by atoms with E-state index in [4.69, 9.17) is 4.74 Å². The Kier molecular flexibility index (Phi) is 5.85. The van der Waals surface area contributed by atoms with Gasteiger partial charge in [0.1, 0.15) is 5.82 Å². The lowest BCUT2D eigenvalue weighted by Crippen LogP contribution is -2.40. The largest absolute Gasteiger partial charge is 0.379 e. The molecule has 1 aromatic heterocycles. The van der Waals surface area contributed by atoms with Gasteiger partial charge in [-0.25, -0.2) is 12.8 Å². The van der Waals surface area contributed by atoms with Crippen LogP contribution in [-0.4, -0.2) is 57.0 Å². The fourth-order valence-electron chi connectivity index (χ4n) is 3.68. The molecule has 1 fully saturated rings. The summed E-state index contributed by atoms with van der Waals surface area (Å²) in [6.07, 6.45) is 0. The van der Waals surface area contributed by atoms with Crippen molar-refractivity contribution in [2.75, 3.05) is 38.3 Å². The lowest BCUT2D eigenvalue weighted by atomic mass is 10.1. The summed E-state index contributed by atoms with van der Waals surface area (Å²) in [5, 5.41) is 0.742. The fraction of sp³-hybridized carbons (Fsp3) is 0.273. The number of carbonyl (C=O) groups is 1. The second-order valence-electron chi connectivity index (χ2n) is 7.57. The monoisotopic (exact) mass is 459 g/mol.